The summed E-state index contributed by atoms with van der Waals surface area (Å²) in [4.78, 5) is 3.99. The maximum absolute atomic E-state index is 12.4. The third-order valence-corrected chi connectivity index (χ3v) is 4.85. The highest BCUT2D eigenvalue weighted by Gasteiger charge is 2.27. The Morgan fingerprint density at radius 2 is 2.06 bits per heavy atom. The topological polar surface area (TPSA) is 50.3 Å². The van der Waals surface area contributed by atoms with Gasteiger partial charge in [0.25, 0.3) is 10.0 Å². The van der Waals surface area contributed by atoms with Crippen LogP contribution in [0.5, 0.6) is 0 Å². The van der Waals surface area contributed by atoms with E-state index in [0.717, 1.165) is 12.0 Å². The Kier molecular flexibility index (Phi) is 5.56. The predicted octanol–water partition coefficient (Wildman–Crippen LogP) is 2.63. The Labute approximate surface area is 114 Å². The summed E-state index contributed by atoms with van der Waals surface area (Å²) in [7, 11) is -3.51. The summed E-state index contributed by atoms with van der Waals surface area (Å²) in [6, 6.07) is 3.12. The molecule has 1 rings (SSSR count). The van der Waals surface area contributed by atoms with Crippen LogP contribution in [-0.2, 0) is 15.9 Å². The molecule has 0 aliphatic carbocycles. The fourth-order valence-electron chi connectivity index (χ4n) is 1.64. The number of rotatable bonds is 6. The van der Waals surface area contributed by atoms with Crippen LogP contribution in [-0.4, -0.2) is 30.3 Å². The zero-order valence-electron chi connectivity index (χ0n) is 10.9. The lowest BCUT2D eigenvalue weighted by molar-refractivity contribution is 0.352. The Balaban J connectivity index is 3.09. The molecular weight excluding hydrogens is 272 g/mol. The van der Waals surface area contributed by atoms with Crippen LogP contribution in [0.25, 0.3) is 0 Å². The minimum atomic E-state index is -3.51. The minimum Gasteiger partial charge on any atom is -0.243 e. The summed E-state index contributed by atoms with van der Waals surface area (Å²) < 4.78 is 26.3. The number of hydrogen-bond donors (Lipinski definition) is 0. The van der Waals surface area contributed by atoms with Gasteiger partial charge in [0.2, 0.25) is 0 Å². The van der Waals surface area contributed by atoms with Crippen LogP contribution in [0.4, 0.5) is 0 Å². The van der Waals surface area contributed by atoms with E-state index in [1.165, 1.54) is 16.6 Å². The summed E-state index contributed by atoms with van der Waals surface area (Å²) >= 11 is 5.66. The summed E-state index contributed by atoms with van der Waals surface area (Å²) in [5.41, 5.74) is 0.808. The molecule has 0 aliphatic heterocycles. The van der Waals surface area contributed by atoms with Gasteiger partial charge in [-0.15, -0.1) is 11.6 Å². The summed E-state index contributed by atoms with van der Waals surface area (Å²) in [6.07, 6.45) is 2.28. The maximum atomic E-state index is 12.4. The van der Waals surface area contributed by atoms with Crippen LogP contribution in [0, 0.1) is 0 Å². The molecule has 4 nitrogen and oxygen atoms in total. The van der Waals surface area contributed by atoms with E-state index < -0.39 is 10.0 Å². The normalized spacial score (nSPS) is 12.3. The van der Waals surface area contributed by atoms with E-state index in [-0.39, 0.29) is 11.1 Å². The van der Waals surface area contributed by atoms with E-state index in [2.05, 4.69) is 4.98 Å². The van der Waals surface area contributed by atoms with Crippen molar-refractivity contribution in [2.45, 2.75) is 44.1 Å². The van der Waals surface area contributed by atoms with Gasteiger partial charge in [0, 0.05) is 24.7 Å². The Bertz CT molecular complexity index is 471. The zero-order chi connectivity index (χ0) is 13.8. The summed E-state index contributed by atoms with van der Waals surface area (Å²) in [5.74, 6) is 0.330. The zero-order valence-corrected chi connectivity index (χ0v) is 12.5. The van der Waals surface area contributed by atoms with Crippen LogP contribution in [0.15, 0.2) is 23.4 Å². The van der Waals surface area contributed by atoms with Crippen LogP contribution >= 0.6 is 11.6 Å². The molecule has 0 aliphatic rings. The number of sulfonamides is 1. The number of pyridine rings is 1. The summed E-state index contributed by atoms with van der Waals surface area (Å²) in [5, 5.41) is 0.0820. The molecule has 0 spiro atoms. The SMILES string of the molecule is CCCN(C(C)C)S(=O)(=O)c1ccc(CCl)cn1. The second-order valence-electron chi connectivity index (χ2n) is 4.35. The van der Waals surface area contributed by atoms with Crippen molar-refractivity contribution >= 4 is 21.6 Å². The first-order valence-electron chi connectivity index (χ1n) is 5.96. The third kappa shape index (κ3) is 3.43. The highest BCUT2D eigenvalue weighted by molar-refractivity contribution is 7.89. The van der Waals surface area contributed by atoms with Gasteiger partial charge >= 0.3 is 0 Å². The Morgan fingerprint density at radius 3 is 2.44 bits per heavy atom. The molecule has 6 heteroatoms. The highest BCUT2D eigenvalue weighted by atomic mass is 35.5. The van der Waals surface area contributed by atoms with E-state index in [1.807, 2.05) is 20.8 Å². The number of halogens is 1. The van der Waals surface area contributed by atoms with Crippen molar-refractivity contribution in [3.63, 3.8) is 0 Å². The second-order valence-corrected chi connectivity index (χ2v) is 6.45. The monoisotopic (exact) mass is 290 g/mol. The number of alkyl halides is 1. The molecule has 0 fully saturated rings. The molecule has 0 radical (unpaired) electrons. The van der Waals surface area contributed by atoms with E-state index in [4.69, 9.17) is 11.6 Å². The Hall–Kier alpha value is -0.650. The first kappa shape index (κ1) is 15.4. The van der Waals surface area contributed by atoms with Gasteiger partial charge in [0.15, 0.2) is 5.03 Å². The van der Waals surface area contributed by atoms with Crippen molar-refractivity contribution in [3.05, 3.63) is 23.9 Å². The molecule has 0 aromatic carbocycles. The van der Waals surface area contributed by atoms with Crippen molar-refractivity contribution in [3.8, 4) is 0 Å². The largest absolute Gasteiger partial charge is 0.260 e. The smallest absolute Gasteiger partial charge is 0.243 e. The average Bonchev–Trinajstić information content (AvgIpc) is 2.35. The lowest BCUT2D eigenvalue weighted by Gasteiger charge is -2.24. The molecule has 0 amide bonds. The van der Waals surface area contributed by atoms with E-state index in [9.17, 15) is 8.42 Å². The standard InChI is InChI=1S/C12H19ClN2O2S/c1-4-7-15(10(2)3)18(16,17)12-6-5-11(8-13)9-14-12/h5-6,9-10H,4,7-8H2,1-3H3. The van der Waals surface area contributed by atoms with Crippen molar-refractivity contribution in [1.29, 1.82) is 0 Å². The number of hydrogen-bond acceptors (Lipinski definition) is 3. The lowest BCUT2D eigenvalue weighted by Crippen LogP contribution is -2.37. The molecule has 1 aromatic heterocycles. The molecule has 1 aromatic rings. The van der Waals surface area contributed by atoms with Gasteiger partial charge < -0.3 is 0 Å². The van der Waals surface area contributed by atoms with Gasteiger partial charge in [0.1, 0.15) is 0 Å². The van der Waals surface area contributed by atoms with Gasteiger partial charge in [-0.2, -0.15) is 4.31 Å². The molecule has 0 unspecified atom stereocenters. The van der Waals surface area contributed by atoms with Gasteiger partial charge in [-0.3, -0.25) is 0 Å². The first-order valence-corrected chi connectivity index (χ1v) is 7.93. The lowest BCUT2D eigenvalue weighted by atomic mass is 10.3. The molecule has 0 bridgehead atoms. The molecular formula is C12H19ClN2O2S. The van der Waals surface area contributed by atoms with E-state index in [1.54, 1.807) is 6.07 Å². The van der Waals surface area contributed by atoms with Gasteiger partial charge in [-0.1, -0.05) is 13.0 Å². The van der Waals surface area contributed by atoms with Crippen LogP contribution in [0.1, 0.15) is 32.8 Å². The Morgan fingerprint density at radius 1 is 1.39 bits per heavy atom. The van der Waals surface area contributed by atoms with Crippen molar-refractivity contribution in [2.24, 2.45) is 0 Å². The fourth-order valence-corrected chi connectivity index (χ4v) is 3.44. The van der Waals surface area contributed by atoms with Crippen molar-refractivity contribution in [2.75, 3.05) is 6.54 Å². The molecule has 1 heterocycles. The van der Waals surface area contributed by atoms with E-state index in [0.29, 0.717) is 12.4 Å². The van der Waals surface area contributed by atoms with Crippen LogP contribution in [0.3, 0.4) is 0 Å². The minimum absolute atomic E-state index is 0.0792. The second kappa shape index (κ2) is 6.50. The number of nitrogens with zero attached hydrogens (tertiary/aromatic N) is 2. The quantitative estimate of drug-likeness (QED) is 0.757. The van der Waals surface area contributed by atoms with Crippen LogP contribution < -0.4 is 0 Å². The average molecular weight is 291 g/mol. The van der Waals surface area contributed by atoms with Crippen molar-refractivity contribution in [1.82, 2.24) is 9.29 Å². The summed E-state index contributed by atoms with van der Waals surface area (Å²) in [6.45, 7) is 6.18. The van der Waals surface area contributed by atoms with E-state index >= 15 is 0 Å². The molecule has 18 heavy (non-hydrogen) atoms. The molecule has 0 saturated heterocycles. The van der Waals surface area contributed by atoms with Crippen LogP contribution in [0.2, 0.25) is 0 Å². The van der Waals surface area contributed by atoms with Crippen molar-refractivity contribution < 1.29 is 8.42 Å². The van der Waals surface area contributed by atoms with Gasteiger partial charge in [0.05, 0.1) is 0 Å². The van der Waals surface area contributed by atoms with Gasteiger partial charge in [-0.05, 0) is 31.9 Å². The molecule has 102 valence electrons. The highest BCUT2D eigenvalue weighted by Crippen LogP contribution is 2.17. The molecule has 0 saturated carbocycles. The molecule has 0 N–H and O–H groups in total. The molecule has 0 atom stereocenters. The maximum Gasteiger partial charge on any atom is 0.260 e. The number of aromatic nitrogens is 1. The third-order valence-electron chi connectivity index (χ3n) is 2.54. The fraction of sp³-hybridized carbons (Fsp3) is 0.583. The first-order chi connectivity index (χ1) is 8.43. The van der Waals surface area contributed by atoms with Gasteiger partial charge in [-0.25, -0.2) is 13.4 Å². The predicted molar refractivity (Wildman–Crippen MR) is 73.1 cm³/mol.